The lowest BCUT2D eigenvalue weighted by molar-refractivity contribution is -0.171. The maximum Gasteiger partial charge on any atom is 0.333 e. The van der Waals surface area contributed by atoms with Gasteiger partial charge in [-0.1, -0.05) is 59.9 Å². The Balaban J connectivity index is 1.49. The number of nitrogens with one attached hydrogen (secondary N) is 1. The zero-order valence-corrected chi connectivity index (χ0v) is 34.9. The molecule has 2 heterocycles. The first-order chi connectivity index (χ1) is 26.5. The summed E-state index contributed by atoms with van der Waals surface area (Å²) in [6.07, 6.45) is 15.8. The number of hydrogen-bond donors (Lipinski definition) is 4. The van der Waals surface area contributed by atoms with Crippen LogP contribution in [-0.4, -0.2) is 70.8 Å². The van der Waals surface area contributed by atoms with Crippen molar-refractivity contribution >= 4 is 17.5 Å². The first-order valence-corrected chi connectivity index (χ1v) is 20.5. The van der Waals surface area contributed by atoms with Crippen LogP contribution in [0.3, 0.4) is 0 Å². The molecule has 5 aliphatic rings. The predicted molar refractivity (Wildman–Crippen MR) is 219 cm³/mol. The van der Waals surface area contributed by atoms with E-state index in [-0.39, 0.29) is 65.6 Å². The first-order valence-electron chi connectivity index (χ1n) is 20.5. The lowest BCUT2D eigenvalue weighted by Gasteiger charge is -2.56. The standard InChI is InChI=1S/C46H64N2O8/c1-28(2)14-13-15-30(5)17-19-33-38(49)34(18-16-29(3)4)41-37(39(33)50)40(51)35-26-32-27-36-44(7,8)56-45(42(32)52,46(35,36)55-41)21-20-31(6)43(53)54-25-12-10-9-11-23-48-24-22-47/h14,16-17,20,26,32,36,48-50H,9-13,15,18-19,21-25,27,47H2,1-8H3/b30-17+,31-20-. The van der Waals surface area contributed by atoms with Crippen LogP contribution < -0.4 is 15.8 Å². The van der Waals surface area contributed by atoms with Crippen LogP contribution in [0.25, 0.3) is 0 Å². The maximum absolute atomic E-state index is 14.9. The van der Waals surface area contributed by atoms with E-state index < -0.39 is 40.4 Å². The highest BCUT2D eigenvalue weighted by Crippen LogP contribution is 2.68. The Hall–Kier alpha value is -3.99. The number of phenols is 2. The lowest BCUT2D eigenvalue weighted by Crippen LogP contribution is -2.72. The van der Waals surface area contributed by atoms with Crippen LogP contribution >= 0.6 is 0 Å². The van der Waals surface area contributed by atoms with Gasteiger partial charge in [0.25, 0.3) is 0 Å². The zero-order valence-electron chi connectivity index (χ0n) is 34.9. The van der Waals surface area contributed by atoms with Crippen molar-refractivity contribution < 1.29 is 38.8 Å². The molecule has 56 heavy (non-hydrogen) atoms. The number of allylic oxidation sites excluding steroid dienone is 7. The van der Waals surface area contributed by atoms with Crippen molar-refractivity contribution in [2.45, 2.75) is 136 Å². The zero-order chi connectivity index (χ0) is 41.0. The largest absolute Gasteiger partial charge is 0.507 e. The van der Waals surface area contributed by atoms with Gasteiger partial charge in [-0.2, -0.15) is 0 Å². The molecule has 6 rings (SSSR count). The minimum Gasteiger partial charge on any atom is -0.507 e. The number of hydrogen-bond acceptors (Lipinski definition) is 10. The van der Waals surface area contributed by atoms with E-state index >= 15 is 0 Å². The van der Waals surface area contributed by atoms with Crippen LogP contribution in [0.4, 0.5) is 0 Å². The number of nitrogens with two attached hydrogens (primary N) is 1. The van der Waals surface area contributed by atoms with Gasteiger partial charge in [-0.05, 0) is 107 Å². The fourth-order valence-corrected chi connectivity index (χ4v) is 9.01. The van der Waals surface area contributed by atoms with E-state index in [1.54, 1.807) is 19.1 Å². The summed E-state index contributed by atoms with van der Waals surface area (Å²) in [5, 5.41) is 27.1. The summed E-state index contributed by atoms with van der Waals surface area (Å²) in [5.74, 6) is -2.50. The summed E-state index contributed by atoms with van der Waals surface area (Å²) in [5.41, 5.74) is 6.05. The van der Waals surface area contributed by atoms with E-state index in [0.29, 0.717) is 24.1 Å². The van der Waals surface area contributed by atoms with Crippen LogP contribution in [0, 0.1) is 11.8 Å². The normalized spacial score (nSPS) is 24.6. The number of unbranched alkanes of at least 4 members (excludes halogenated alkanes) is 3. The van der Waals surface area contributed by atoms with Gasteiger partial charge in [-0.15, -0.1) is 0 Å². The molecule has 2 aliphatic heterocycles. The number of aromatic hydroxyl groups is 2. The van der Waals surface area contributed by atoms with Crippen molar-refractivity contribution in [1.29, 1.82) is 0 Å². The summed E-state index contributed by atoms with van der Waals surface area (Å²) in [7, 11) is 0. The minimum atomic E-state index is -1.64. The van der Waals surface area contributed by atoms with Crippen LogP contribution in [-0.2, 0) is 31.9 Å². The highest BCUT2D eigenvalue weighted by atomic mass is 16.6. The molecule has 1 saturated heterocycles. The smallest absolute Gasteiger partial charge is 0.333 e. The molecule has 5 N–H and O–H groups in total. The molecule has 0 aromatic heterocycles. The fourth-order valence-electron chi connectivity index (χ4n) is 9.01. The molecule has 1 aromatic carbocycles. The predicted octanol–water partition coefficient (Wildman–Crippen LogP) is 7.84. The van der Waals surface area contributed by atoms with Gasteiger partial charge in [0.05, 0.1) is 12.2 Å². The molecular formula is C46H64N2O8. The fraction of sp³-hybridized carbons (Fsp3) is 0.587. The number of ether oxygens (including phenoxy) is 3. The molecule has 0 amide bonds. The van der Waals surface area contributed by atoms with Crippen LogP contribution in [0.1, 0.15) is 128 Å². The first kappa shape index (κ1) is 43.1. The van der Waals surface area contributed by atoms with Crippen molar-refractivity contribution in [2.24, 2.45) is 17.6 Å². The van der Waals surface area contributed by atoms with E-state index in [2.05, 4.69) is 25.2 Å². The van der Waals surface area contributed by atoms with Gasteiger partial charge in [0, 0.05) is 53.6 Å². The van der Waals surface area contributed by atoms with Gasteiger partial charge in [-0.3, -0.25) is 9.59 Å². The van der Waals surface area contributed by atoms with Crippen molar-refractivity contribution in [3.05, 3.63) is 74.9 Å². The topological polar surface area (TPSA) is 157 Å². The van der Waals surface area contributed by atoms with Gasteiger partial charge in [0.15, 0.2) is 22.8 Å². The van der Waals surface area contributed by atoms with E-state index in [1.807, 2.05) is 46.8 Å². The number of Topliss-reactive ketones (excluding diaryl/α,β-unsaturated/α-hetero) is 2. The lowest BCUT2D eigenvalue weighted by atomic mass is 9.51. The molecule has 10 nitrogen and oxygen atoms in total. The Morgan fingerprint density at radius 1 is 0.929 bits per heavy atom. The number of fused-ring (bicyclic) bond motifs is 1. The van der Waals surface area contributed by atoms with E-state index in [9.17, 15) is 24.6 Å². The van der Waals surface area contributed by atoms with Gasteiger partial charge >= 0.3 is 5.97 Å². The second-order valence-electron chi connectivity index (χ2n) is 17.1. The van der Waals surface area contributed by atoms with Crippen LogP contribution in [0.15, 0.2) is 58.2 Å². The van der Waals surface area contributed by atoms with E-state index in [1.165, 1.54) is 5.57 Å². The van der Waals surface area contributed by atoms with Crippen molar-refractivity contribution in [1.82, 2.24) is 5.32 Å². The molecule has 3 aliphatic carbocycles. The average Bonchev–Trinajstić information content (AvgIpc) is 3.29. The summed E-state index contributed by atoms with van der Waals surface area (Å²) < 4.78 is 19.5. The average molecular weight is 773 g/mol. The molecule has 10 heteroatoms. The van der Waals surface area contributed by atoms with Crippen LogP contribution in [0.2, 0.25) is 0 Å². The number of ketones is 2. The van der Waals surface area contributed by atoms with Crippen molar-refractivity contribution in [2.75, 3.05) is 26.2 Å². The highest BCUT2D eigenvalue weighted by Gasteiger charge is 2.81. The number of rotatable bonds is 19. The molecule has 2 fully saturated rings. The Morgan fingerprint density at radius 3 is 2.32 bits per heavy atom. The Bertz CT molecular complexity index is 1860. The van der Waals surface area contributed by atoms with E-state index in [4.69, 9.17) is 19.9 Å². The molecule has 4 unspecified atom stereocenters. The Morgan fingerprint density at radius 2 is 1.62 bits per heavy atom. The molecule has 0 radical (unpaired) electrons. The SMILES string of the molecule is CC(C)=CCC/C(C)=C/Cc1c(O)c(CC=C(C)C)c2c(c1O)C(=O)C1=CC3CC4C(C)(C)OC(C/C=C(/C)C(=O)OCCCCCCNCCN)(C3=O)C14O2. The summed E-state index contributed by atoms with van der Waals surface area (Å²) in [4.78, 5) is 42.7. The number of carbonyl (C=O) groups is 3. The minimum absolute atomic E-state index is 0.00287. The number of benzene rings is 1. The van der Waals surface area contributed by atoms with Gasteiger partial charge in [-0.25, -0.2) is 4.79 Å². The van der Waals surface area contributed by atoms with Crippen molar-refractivity contribution in [3.63, 3.8) is 0 Å². The third-order valence-electron chi connectivity index (χ3n) is 12.0. The molecule has 4 bridgehead atoms. The summed E-state index contributed by atoms with van der Waals surface area (Å²) in [6.45, 7) is 18.2. The number of carbonyl (C=O) groups excluding carboxylic acids is 3. The van der Waals surface area contributed by atoms with Crippen molar-refractivity contribution in [3.8, 4) is 17.2 Å². The summed E-state index contributed by atoms with van der Waals surface area (Å²) >= 11 is 0. The van der Waals surface area contributed by atoms with Crippen LogP contribution in [0.5, 0.6) is 17.2 Å². The van der Waals surface area contributed by atoms with E-state index in [0.717, 1.165) is 62.8 Å². The highest BCUT2D eigenvalue weighted by molar-refractivity contribution is 6.18. The second kappa shape index (κ2) is 17.7. The van der Waals surface area contributed by atoms with Gasteiger partial charge in [0.1, 0.15) is 22.8 Å². The second-order valence-corrected chi connectivity index (χ2v) is 17.1. The Kier molecular flexibility index (Phi) is 13.6. The van der Waals surface area contributed by atoms with Gasteiger partial charge < -0.3 is 35.5 Å². The molecule has 306 valence electrons. The molecule has 4 atom stereocenters. The maximum atomic E-state index is 14.9. The summed E-state index contributed by atoms with van der Waals surface area (Å²) in [6, 6.07) is 0. The quantitative estimate of drug-likeness (QED) is 0.0473. The molecule has 1 spiro atoms. The molecule has 1 aromatic rings. The number of esters is 1. The third kappa shape index (κ3) is 8.20. The third-order valence-corrected chi connectivity index (χ3v) is 12.0. The Labute approximate surface area is 333 Å². The monoisotopic (exact) mass is 772 g/mol. The molecule has 1 saturated carbocycles. The number of phenolic OH excluding ortho intramolecular Hbond substituents is 2. The van der Waals surface area contributed by atoms with Gasteiger partial charge in [0.2, 0.25) is 0 Å². The molecular weight excluding hydrogens is 709 g/mol.